The van der Waals surface area contributed by atoms with Gasteiger partial charge in [0.2, 0.25) is 0 Å². The van der Waals surface area contributed by atoms with Crippen LogP contribution in [-0.4, -0.2) is 16.3 Å². The van der Waals surface area contributed by atoms with E-state index in [1.807, 2.05) is 6.92 Å². The molecule has 1 aromatic carbocycles. The smallest absolute Gasteiger partial charge is 0.153 e. The average molecular weight is 244 g/mol. The number of nitrogens with one attached hydrogen (secondary N) is 1. The highest BCUT2D eigenvalue weighted by Crippen LogP contribution is 2.21. The third-order valence-electron chi connectivity index (χ3n) is 1.52. The standard InChI is InChI=1S/C9H10BrNO2/c1-6(10)11-8-3-2-7(5-12)9(13)4-8/h2-6,11,13H,1H3. The van der Waals surface area contributed by atoms with Gasteiger partial charge in [0.15, 0.2) is 6.29 Å². The monoisotopic (exact) mass is 243 g/mol. The number of halogens is 1. The number of hydrogen-bond acceptors (Lipinski definition) is 3. The van der Waals surface area contributed by atoms with Crippen LogP contribution in [0, 0.1) is 0 Å². The molecule has 0 saturated carbocycles. The molecule has 1 rings (SSSR count). The lowest BCUT2D eigenvalue weighted by Crippen LogP contribution is -2.05. The van der Waals surface area contributed by atoms with Gasteiger partial charge in [0.1, 0.15) is 5.75 Å². The topological polar surface area (TPSA) is 49.3 Å². The fourth-order valence-corrected chi connectivity index (χ4v) is 1.23. The Morgan fingerprint density at radius 2 is 2.31 bits per heavy atom. The first-order chi connectivity index (χ1) is 6.13. The van der Waals surface area contributed by atoms with E-state index in [2.05, 4.69) is 21.2 Å². The second-order valence-electron chi connectivity index (χ2n) is 2.65. The quantitative estimate of drug-likeness (QED) is 0.487. The number of alkyl halides is 1. The Kier molecular flexibility index (Phi) is 3.31. The summed E-state index contributed by atoms with van der Waals surface area (Å²) in [6.07, 6.45) is 0.622. The molecule has 0 saturated heterocycles. The fourth-order valence-electron chi connectivity index (χ4n) is 0.963. The fraction of sp³-hybridized carbons (Fsp3) is 0.222. The van der Waals surface area contributed by atoms with Gasteiger partial charge in [-0.25, -0.2) is 0 Å². The molecule has 0 radical (unpaired) electrons. The van der Waals surface area contributed by atoms with Crippen molar-refractivity contribution in [2.45, 2.75) is 11.9 Å². The third kappa shape index (κ3) is 2.73. The van der Waals surface area contributed by atoms with Crippen molar-refractivity contribution in [3.63, 3.8) is 0 Å². The van der Waals surface area contributed by atoms with Crippen LogP contribution < -0.4 is 5.32 Å². The van der Waals surface area contributed by atoms with Crippen LogP contribution in [0.15, 0.2) is 18.2 Å². The molecule has 0 aliphatic rings. The summed E-state index contributed by atoms with van der Waals surface area (Å²) in [4.78, 5) is 10.5. The Morgan fingerprint density at radius 3 is 2.77 bits per heavy atom. The van der Waals surface area contributed by atoms with Gasteiger partial charge in [0, 0.05) is 11.8 Å². The van der Waals surface area contributed by atoms with Crippen molar-refractivity contribution >= 4 is 27.9 Å². The minimum Gasteiger partial charge on any atom is -0.507 e. The average Bonchev–Trinajstić information content (AvgIpc) is 2.03. The lowest BCUT2D eigenvalue weighted by molar-refractivity contribution is 0.112. The summed E-state index contributed by atoms with van der Waals surface area (Å²) in [6.45, 7) is 1.92. The molecule has 13 heavy (non-hydrogen) atoms. The molecule has 1 aromatic rings. The van der Waals surface area contributed by atoms with E-state index in [0.717, 1.165) is 5.69 Å². The number of carbonyl (C=O) groups excluding carboxylic acids is 1. The number of anilines is 1. The van der Waals surface area contributed by atoms with E-state index in [9.17, 15) is 9.90 Å². The molecule has 0 fully saturated rings. The third-order valence-corrected chi connectivity index (χ3v) is 1.75. The normalized spacial score (nSPS) is 12.2. The van der Waals surface area contributed by atoms with Gasteiger partial charge in [-0.05, 0) is 19.1 Å². The van der Waals surface area contributed by atoms with Crippen molar-refractivity contribution in [2.75, 3.05) is 5.32 Å². The van der Waals surface area contributed by atoms with Crippen molar-refractivity contribution in [3.05, 3.63) is 23.8 Å². The van der Waals surface area contributed by atoms with Crippen LogP contribution in [0.2, 0.25) is 0 Å². The largest absolute Gasteiger partial charge is 0.507 e. The van der Waals surface area contributed by atoms with Crippen LogP contribution in [-0.2, 0) is 0 Å². The zero-order valence-electron chi connectivity index (χ0n) is 7.12. The molecule has 3 nitrogen and oxygen atoms in total. The second kappa shape index (κ2) is 4.28. The van der Waals surface area contributed by atoms with Gasteiger partial charge in [0.05, 0.1) is 10.5 Å². The first kappa shape index (κ1) is 10.1. The number of aldehydes is 1. The van der Waals surface area contributed by atoms with Crippen LogP contribution in [0.5, 0.6) is 5.75 Å². The first-order valence-corrected chi connectivity index (χ1v) is 4.74. The summed E-state index contributed by atoms with van der Waals surface area (Å²) in [5, 5.41) is 12.4. The summed E-state index contributed by atoms with van der Waals surface area (Å²) in [6, 6.07) is 4.82. The van der Waals surface area contributed by atoms with Crippen molar-refractivity contribution in [2.24, 2.45) is 0 Å². The Labute approximate surface area is 84.9 Å². The van der Waals surface area contributed by atoms with E-state index in [0.29, 0.717) is 11.8 Å². The molecule has 4 heteroatoms. The Balaban J connectivity index is 2.89. The highest BCUT2D eigenvalue weighted by Gasteiger charge is 2.02. The van der Waals surface area contributed by atoms with Crippen LogP contribution >= 0.6 is 15.9 Å². The van der Waals surface area contributed by atoms with Crippen molar-refractivity contribution < 1.29 is 9.90 Å². The summed E-state index contributed by atoms with van der Waals surface area (Å²) >= 11 is 3.31. The number of phenolic OH excluding ortho intramolecular Hbond substituents is 1. The van der Waals surface area contributed by atoms with E-state index >= 15 is 0 Å². The molecule has 1 atom stereocenters. The highest BCUT2D eigenvalue weighted by molar-refractivity contribution is 9.09. The maximum atomic E-state index is 10.4. The van der Waals surface area contributed by atoms with Gasteiger partial charge in [-0.3, -0.25) is 4.79 Å². The van der Waals surface area contributed by atoms with E-state index in [1.165, 1.54) is 6.07 Å². The molecule has 0 aromatic heterocycles. The molecule has 1 unspecified atom stereocenters. The van der Waals surface area contributed by atoms with Crippen LogP contribution in [0.4, 0.5) is 5.69 Å². The SMILES string of the molecule is CC(Br)Nc1ccc(C=O)c(O)c1. The first-order valence-electron chi connectivity index (χ1n) is 3.82. The molecule has 70 valence electrons. The lowest BCUT2D eigenvalue weighted by atomic mass is 10.2. The number of rotatable bonds is 3. The van der Waals surface area contributed by atoms with Gasteiger partial charge >= 0.3 is 0 Å². The minimum atomic E-state index is -0.00634. The summed E-state index contributed by atoms with van der Waals surface area (Å²) in [5.74, 6) is -0.00634. The molecule has 0 bridgehead atoms. The lowest BCUT2D eigenvalue weighted by Gasteiger charge is -2.08. The van der Waals surface area contributed by atoms with Crippen LogP contribution in [0.3, 0.4) is 0 Å². The molecule has 0 aliphatic heterocycles. The minimum absolute atomic E-state index is 0.00634. The zero-order chi connectivity index (χ0) is 9.84. The summed E-state index contributed by atoms with van der Waals surface area (Å²) < 4.78 is 0. The van der Waals surface area contributed by atoms with Gasteiger partial charge in [0.25, 0.3) is 0 Å². The number of phenols is 1. The number of carbonyl (C=O) groups is 1. The van der Waals surface area contributed by atoms with E-state index < -0.39 is 0 Å². The Hall–Kier alpha value is -1.03. The van der Waals surface area contributed by atoms with Crippen LogP contribution in [0.1, 0.15) is 17.3 Å². The van der Waals surface area contributed by atoms with Crippen LogP contribution in [0.25, 0.3) is 0 Å². The van der Waals surface area contributed by atoms with E-state index in [4.69, 9.17) is 0 Å². The molecule has 0 spiro atoms. The molecule has 0 amide bonds. The summed E-state index contributed by atoms with van der Waals surface area (Å²) in [7, 11) is 0. The number of hydrogen-bond donors (Lipinski definition) is 2. The van der Waals surface area contributed by atoms with Gasteiger partial charge < -0.3 is 10.4 Å². The molecule has 2 N–H and O–H groups in total. The van der Waals surface area contributed by atoms with Crippen molar-refractivity contribution in [3.8, 4) is 5.75 Å². The predicted octanol–water partition coefficient (Wildman–Crippen LogP) is 2.36. The maximum absolute atomic E-state index is 10.4. The molecular formula is C9H10BrNO2. The van der Waals surface area contributed by atoms with Crippen molar-refractivity contribution in [1.29, 1.82) is 0 Å². The van der Waals surface area contributed by atoms with Crippen molar-refractivity contribution in [1.82, 2.24) is 0 Å². The van der Waals surface area contributed by atoms with Gasteiger partial charge in [-0.1, -0.05) is 15.9 Å². The molecular weight excluding hydrogens is 234 g/mol. The van der Waals surface area contributed by atoms with Gasteiger partial charge in [-0.15, -0.1) is 0 Å². The molecule has 0 aliphatic carbocycles. The summed E-state index contributed by atoms with van der Waals surface area (Å²) in [5.41, 5.74) is 1.07. The second-order valence-corrected chi connectivity index (χ2v) is 4.03. The van der Waals surface area contributed by atoms with E-state index in [-0.39, 0.29) is 10.7 Å². The maximum Gasteiger partial charge on any atom is 0.153 e. The molecule has 0 heterocycles. The zero-order valence-corrected chi connectivity index (χ0v) is 8.71. The predicted molar refractivity (Wildman–Crippen MR) is 55.5 cm³/mol. The Bertz CT molecular complexity index is 312. The van der Waals surface area contributed by atoms with Gasteiger partial charge in [-0.2, -0.15) is 0 Å². The number of benzene rings is 1. The van der Waals surface area contributed by atoms with E-state index in [1.54, 1.807) is 12.1 Å². The number of aromatic hydroxyl groups is 1. The Morgan fingerprint density at radius 1 is 1.62 bits per heavy atom. The highest BCUT2D eigenvalue weighted by atomic mass is 79.9.